The molecule has 196 valence electrons. The van der Waals surface area contributed by atoms with Gasteiger partial charge in [0, 0.05) is 29.9 Å². The molecule has 3 N–H and O–H groups in total. The van der Waals surface area contributed by atoms with Gasteiger partial charge in [0.25, 0.3) is 0 Å². The molecular weight excluding hydrogens is 472 g/mol. The molecule has 2 fully saturated rings. The second-order valence-corrected chi connectivity index (χ2v) is 11.0. The number of hydrogen-bond donors (Lipinski definition) is 3. The Bertz CT molecular complexity index is 1290. The normalized spacial score (nSPS) is 26.0. The van der Waals surface area contributed by atoms with Crippen molar-refractivity contribution in [3.63, 3.8) is 0 Å². The number of fused-ring (bicyclic) bond motifs is 3. The number of aryl methyl sites for hydroxylation is 1. The first-order valence-corrected chi connectivity index (χ1v) is 13.9. The van der Waals surface area contributed by atoms with Gasteiger partial charge in [-0.15, -0.1) is 0 Å². The highest BCUT2D eigenvalue weighted by Crippen LogP contribution is 2.51. The van der Waals surface area contributed by atoms with Crippen LogP contribution in [-0.2, 0) is 4.79 Å². The number of rotatable bonds is 4. The molecule has 1 aliphatic carbocycles. The summed E-state index contributed by atoms with van der Waals surface area (Å²) in [5.41, 5.74) is 5.47. The number of hydrogen-bond acceptors (Lipinski definition) is 3. The molecule has 0 spiro atoms. The van der Waals surface area contributed by atoms with Crippen LogP contribution in [0, 0.1) is 18.8 Å². The molecule has 2 heterocycles. The summed E-state index contributed by atoms with van der Waals surface area (Å²) in [5, 5.41) is 9.88. The largest absolute Gasteiger partial charge is 0.378 e. The van der Waals surface area contributed by atoms with Gasteiger partial charge in [0.05, 0.1) is 18.0 Å². The third-order valence-corrected chi connectivity index (χ3v) is 8.61. The van der Waals surface area contributed by atoms with Crippen LogP contribution < -0.4 is 16.0 Å². The number of likely N-dealkylation sites (tertiary alicyclic amines) is 1. The van der Waals surface area contributed by atoms with E-state index in [9.17, 15) is 9.59 Å². The van der Waals surface area contributed by atoms with Gasteiger partial charge in [-0.1, -0.05) is 79.1 Å². The van der Waals surface area contributed by atoms with Crippen molar-refractivity contribution in [2.45, 2.75) is 57.2 Å². The first-order valence-electron chi connectivity index (χ1n) is 13.9. The van der Waals surface area contributed by atoms with Gasteiger partial charge in [-0.3, -0.25) is 4.79 Å². The summed E-state index contributed by atoms with van der Waals surface area (Å²) >= 11 is 0. The zero-order chi connectivity index (χ0) is 26.1. The summed E-state index contributed by atoms with van der Waals surface area (Å²) in [7, 11) is 0. The minimum atomic E-state index is -0.241. The van der Waals surface area contributed by atoms with Crippen molar-refractivity contribution in [2.75, 3.05) is 17.2 Å². The average Bonchev–Trinajstić information content (AvgIpc) is 3.40. The maximum atomic E-state index is 14.2. The molecule has 6 rings (SSSR count). The minimum Gasteiger partial charge on any atom is -0.378 e. The number of benzene rings is 3. The molecule has 6 heteroatoms. The Labute approximate surface area is 224 Å². The van der Waals surface area contributed by atoms with Gasteiger partial charge in [-0.05, 0) is 55.5 Å². The lowest BCUT2D eigenvalue weighted by Crippen LogP contribution is -2.51. The summed E-state index contributed by atoms with van der Waals surface area (Å²) in [5.74, 6) is 0.279. The minimum absolute atomic E-state index is 0.0362. The lowest BCUT2D eigenvalue weighted by atomic mass is 9.79. The van der Waals surface area contributed by atoms with E-state index in [2.05, 4.69) is 69.4 Å². The van der Waals surface area contributed by atoms with Crippen LogP contribution in [0.3, 0.4) is 0 Å². The molecule has 0 bridgehead atoms. The molecular formula is C32H36N4O2. The molecule has 3 aromatic rings. The highest BCUT2D eigenvalue weighted by atomic mass is 16.2. The summed E-state index contributed by atoms with van der Waals surface area (Å²) < 4.78 is 0. The molecule has 0 aromatic heterocycles. The van der Waals surface area contributed by atoms with Gasteiger partial charge in [-0.25, -0.2) is 4.79 Å². The maximum absolute atomic E-state index is 14.2. The van der Waals surface area contributed by atoms with E-state index in [1.807, 2.05) is 37.3 Å². The van der Waals surface area contributed by atoms with Crippen LogP contribution in [0.2, 0.25) is 0 Å². The van der Waals surface area contributed by atoms with Gasteiger partial charge in [0.2, 0.25) is 5.91 Å². The number of nitrogens with one attached hydrogen (secondary N) is 3. The molecule has 3 aliphatic rings. The van der Waals surface area contributed by atoms with Crippen LogP contribution in [0.15, 0.2) is 78.9 Å². The number of carbonyl (C=O) groups is 2. The van der Waals surface area contributed by atoms with E-state index in [0.717, 1.165) is 55.6 Å². The molecule has 5 unspecified atom stereocenters. The summed E-state index contributed by atoms with van der Waals surface area (Å²) in [6, 6.07) is 26.6. The van der Waals surface area contributed by atoms with E-state index < -0.39 is 0 Å². The Balaban J connectivity index is 1.23. The zero-order valence-corrected chi connectivity index (χ0v) is 21.9. The molecule has 0 radical (unpaired) electrons. The van der Waals surface area contributed by atoms with E-state index in [1.165, 1.54) is 11.1 Å². The van der Waals surface area contributed by atoms with Gasteiger partial charge in [0.15, 0.2) is 0 Å². The summed E-state index contributed by atoms with van der Waals surface area (Å²) in [6.45, 7) is 2.76. The number of amides is 3. The van der Waals surface area contributed by atoms with Crippen LogP contribution in [-0.4, -0.2) is 29.4 Å². The van der Waals surface area contributed by atoms with Gasteiger partial charge >= 0.3 is 6.03 Å². The third-order valence-electron chi connectivity index (χ3n) is 8.61. The smallest absolute Gasteiger partial charge is 0.319 e. The van der Waals surface area contributed by atoms with Gasteiger partial charge in [-0.2, -0.15) is 0 Å². The molecule has 2 aliphatic heterocycles. The Morgan fingerprint density at radius 1 is 0.868 bits per heavy atom. The molecule has 3 aromatic carbocycles. The number of para-hydroxylation sites is 1. The van der Waals surface area contributed by atoms with Crippen LogP contribution in [0.5, 0.6) is 0 Å². The van der Waals surface area contributed by atoms with E-state index in [4.69, 9.17) is 0 Å². The van der Waals surface area contributed by atoms with Crippen LogP contribution in [0.1, 0.15) is 60.9 Å². The Morgan fingerprint density at radius 2 is 1.61 bits per heavy atom. The standard InChI is InChI=1S/C32H36N4O2/c1-21-15-17-23(18-16-21)33-32(38)35-28-14-8-6-12-25(28)31(37)36-20-19-26-29(22-9-3-2-4-10-22)34-27-13-7-5-11-24(27)30(26)36/h2-5,7,9-11,13,15-18,25-26,28-30,34H,6,8,12,14,19-20H2,1H3,(H2,33,35,38). The highest BCUT2D eigenvalue weighted by molar-refractivity contribution is 5.90. The third kappa shape index (κ3) is 4.75. The van der Waals surface area contributed by atoms with Crippen molar-refractivity contribution in [1.29, 1.82) is 0 Å². The van der Waals surface area contributed by atoms with Gasteiger partial charge in [0.1, 0.15) is 0 Å². The molecule has 38 heavy (non-hydrogen) atoms. The quantitative estimate of drug-likeness (QED) is 0.380. The number of nitrogens with zero attached hydrogens (tertiary/aromatic N) is 1. The zero-order valence-electron chi connectivity index (χ0n) is 21.9. The van der Waals surface area contributed by atoms with Crippen LogP contribution in [0.4, 0.5) is 16.2 Å². The Morgan fingerprint density at radius 3 is 2.42 bits per heavy atom. The molecule has 1 saturated heterocycles. The fourth-order valence-electron chi connectivity index (χ4n) is 6.75. The maximum Gasteiger partial charge on any atom is 0.319 e. The summed E-state index contributed by atoms with van der Waals surface area (Å²) in [4.78, 5) is 29.2. The van der Waals surface area contributed by atoms with Crippen molar-refractivity contribution in [1.82, 2.24) is 10.2 Å². The van der Waals surface area contributed by atoms with Crippen molar-refractivity contribution in [2.24, 2.45) is 11.8 Å². The van der Waals surface area contributed by atoms with Gasteiger partial charge < -0.3 is 20.9 Å². The van der Waals surface area contributed by atoms with Crippen molar-refractivity contribution < 1.29 is 9.59 Å². The van der Waals surface area contributed by atoms with Crippen molar-refractivity contribution in [3.05, 3.63) is 95.6 Å². The average molecular weight is 509 g/mol. The Hall–Kier alpha value is -3.80. The Kier molecular flexibility index (Phi) is 6.79. The number of carbonyl (C=O) groups excluding carboxylic acids is 2. The van der Waals surface area contributed by atoms with Crippen LogP contribution in [0.25, 0.3) is 0 Å². The first-order chi connectivity index (χ1) is 18.6. The van der Waals surface area contributed by atoms with E-state index in [1.54, 1.807) is 0 Å². The molecule has 5 atom stereocenters. The number of anilines is 2. The van der Waals surface area contributed by atoms with Crippen molar-refractivity contribution in [3.8, 4) is 0 Å². The monoisotopic (exact) mass is 508 g/mol. The molecule has 6 nitrogen and oxygen atoms in total. The highest BCUT2D eigenvalue weighted by Gasteiger charge is 2.48. The SMILES string of the molecule is Cc1ccc(NC(=O)NC2CCCCC2C(=O)N2CCC3C(c4ccccc4)Nc4ccccc4C32)cc1. The lowest BCUT2D eigenvalue weighted by molar-refractivity contribution is -0.138. The van der Waals surface area contributed by atoms with Crippen molar-refractivity contribution >= 4 is 23.3 Å². The van der Waals surface area contributed by atoms with E-state index >= 15 is 0 Å². The first kappa shape index (κ1) is 24.5. The predicted octanol–water partition coefficient (Wildman–Crippen LogP) is 6.43. The van der Waals surface area contributed by atoms with E-state index in [0.29, 0.717) is 5.92 Å². The second kappa shape index (κ2) is 10.5. The molecule has 3 amide bonds. The fraction of sp³-hybridized carbons (Fsp3) is 0.375. The topological polar surface area (TPSA) is 73.5 Å². The summed E-state index contributed by atoms with van der Waals surface area (Å²) in [6.07, 6.45) is 4.62. The number of urea groups is 1. The van der Waals surface area contributed by atoms with Crippen LogP contribution >= 0.6 is 0 Å². The predicted molar refractivity (Wildman–Crippen MR) is 151 cm³/mol. The fourth-order valence-corrected chi connectivity index (χ4v) is 6.75. The lowest BCUT2D eigenvalue weighted by Gasteiger charge is -2.42. The molecule has 1 saturated carbocycles. The second-order valence-electron chi connectivity index (χ2n) is 11.0. The van der Waals surface area contributed by atoms with E-state index in [-0.39, 0.29) is 36.0 Å².